The molecular weight excluding hydrogens is 594 g/mol. The Morgan fingerprint density at radius 3 is 2.75 bits per heavy atom. The third kappa shape index (κ3) is 4.64. The number of ether oxygens (including phenoxy) is 2. The van der Waals surface area contributed by atoms with Gasteiger partial charge in [-0.2, -0.15) is 23.1 Å². The van der Waals surface area contributed by atoms with Crippen molar-refractivity contribution < 1.29 is 35.8 Å². The maximum Gasteiger partial charge on any atom is 0.418 e. The van der Waals surface area contributed by atoms with Crippen LogP contribution in [0.2, 0.25) is 0 Å². The standard InChI is InChI=1S/C28H30F6N8O2/c1-13-19(28(32,33)34)15(8-17(35)37-13)21-20(29)22-18-23(42-7-5-36-9-16(42)14(2)44-24(18)38-21)40-25(39-22)43-12-26-4-3-6-41(26)11-27(30,31)10-26/h8,14,16,36H,3-7,9-12H2,1-2H3,(H2,35,37)/t14-,16-,26+/m0/s1. The molecule has 4 aliphatic heterocycles. The van der Waals surface area contributed by atoms with Crippen molar-refractivity contribution in [3.8, 4) is 23.1 Å². The second kappa shape index (κ2) is 9.92. The van der Waals surface area contributed by atoms with Crippen LogP contribution in [0.5, 0.6) is 11.9 Å². The molecule has 3 aromatic heterocycles. The van der Waals surface area contributed by atoms with Crippen LogP contribution < -0.4 is 25.4 Å². The fourth-order valence-electron chi connectivity index (χ4n) is 7.21. The van der Waals surface area contributed by atoms with E-state index in [4.69, 9.17) is 15.2 Å². The smallest absolute Gasteiger partial charge is 0.418 e. The zero-order valence-electron chi connectivity index (χ0n) is 23.9. The highest BCUT2D eigenvalue weighted by Crippen LogP contribution is 2.47. The number of alkyl halides is 5. The van der Waals surface area contributed by atoms with E-state index in [1.807, 2.05) is 4.90 Å². The second-order valence-corrected chi connectivity index (χ2v) is 12.0. The second-order valence-electron chi connectivity index (χ2n) is 12.0. The average molecular weight is 625 g/mol. The molecule has 0 amide bonds. The number of hydrogen-bond donors (Lipinski definition) is 2. The van der Waals surface area contributed by atoms with E-state index in [0.29, 0.717) is 32.6 Å². The summed E-state index contributed by atoms with van der Waals surface area (Å²) < 4.78 is 100. The summed E-state index contributed by atoms with van der Waals surface area (Å²) in [6.45, 7) is 4.39. The molecule has 4 aliphatic rings. The number of hydrogen-bond acceptors (Lipinski definition) is 10. The van der Waals surface area contributed by atoms with Crippen molar-refractivity contribution in [2.75, 3.05) is 50.0 Å². The Bertz CT molecular complexity index is 1660. The summed E-state index contributed by atoms with van der Waals surface area (Å²) >= 11 is 0. The molecule has 236 valence electrons. The SMILES string of the molecule is Cc1nc(N)cc(-c2nc3c4c(nc(OC[C@]56CCCN5CC(F)(F)C6)nc4c2F)N2CCNC[C@H]2[C@H](C)O3)c1C(F)(F)F. The monoisotopic (exact) mass is 624 g/mol. The molecule has 3 saturated heterocycles. The highest BCUT2D eigenvalue weighted by atomic mass is 19.4. The zero-order valence-corrected chi connectivity index (χ0v) is 23.9. The van der Waals surface area contributed by atoms with Gasteiger partial charge >= 0.3 is 12.2 Å². The summed E-state index contributed by atoms with van der Waals surface area (Å²) in [5.41, 5.74) is 1.59. The molecule has 0 aromatic carbocycles. The van der Waals surface area contributed by atoms with E-state index in [9.17, 15) is 22.0 Å². The molecule has 10 nitrogen and oxygen atoms in total. The molecule has 7 rings (SSSR count). The average Bonchev–Trinajstić information content (AvgIpc) is 3.39. The number of aromatic nitrogens is 4. The lowest BCUT2D eigenvalue weighted by molar-refractivity contribution is -0.137. The van der Waals surface area contributed by atoms with Crippen LogP contribution in [0.4, 0.5) is 38.0 Å². The number of fused-ring (bicyclic) bond motifs is 3. The lowest BCUT2D eigenvalue weighted by Crippen LogP contribution is -2.56. The van der Waals surface area contributed by atoms with Crippen LogP contribution in [-0.4, -0.2) is 87.8 Å². The highest BCUT2D eigenvalue weighted by molar-refractivity contribution is 5.97. The van der Waals surface area contributed by atoms with Crippen molar-refractivity contribution in [1.29, 1.82) is 0 Å². The number of rotatable bonds is 4. The maximum atomic E-state index is 16.6. The molecule has 0 radical (unpaired) electrons. The molecule has 3 atom stereocenters. The van der Waals surface area contributed by atoms with E-state index in [1.54, 1.807) is 11.8 Å². The van der Waals surface area contributed by atoms with Gasteiger partial charge < -0.3 is 25.4 Å². The number of nitrogens with zero attached hydrogens (tertiary/aromatic N) is 6. The van der Waals surface area contributed by atoms with Crippen LogP contribution >= 0.6 is 0 Å². The Hall–Kier alpha value is -3.66. The van der Waals surface area contributed by atoms with Crippen molar-refractivity contribution >= 4 is 22.5 Å². The minimum absolute atomic E-state index is 0.0789. The van der Waals surface area contributed by atoms with Gasteiger partial charge in [0.15, 0.2) is 5.82 Å². The van der Waals surface area contributed by atoms with E-state index in [2.05, 4.69) is 25.3 Å². The highest BCUT2D eigenvalue weighted by Gasteiger charge is 2.57. The van der Waals surface area contributed by atoms with Gasteiger partial charge in [0.25, 0.3) is 5.92 Å². The zero-order chi connectivity index (χ0) is 31.2. The van der Waals surface area contributed by atoms with E-state index < -0.39 is 52.1 Å². The van der Waals surface area contributed by atoms with Crippen LogP contribution in [0.1, 0.15) is 37.4 Å². The molecule has 3 aromatic rings. The Morgan fingerprint density at radius 2 is 1.98 bits per heavy atom. The van der Waals surface area contributed by atoms with Crippen LogP contribution in [0.15, 0.2) is 6.07 Å². The van der Waals surface area contributed by atoms with Gasteiger partial charge in [0, 0.05) is 31.6 Å². The number of aryl methyl sites for hydroxylation is 1. The molecule has 7 heterocycles. The van der Waals surface area contributed by atoms with Crippen molar-refractivity contribution in [1.82, 2.24) is 30.2 Å². The molecule has 3 N–H and O–H groups in total. The van der Waals surface area contributed by atoms with Gasteiger partial charge in [-0.15, -0.1) is 0 Å². The first-order valence-corrected chi connectivity index (χ1v) is 14.4. The fourth-order valence-corrected chi connectivity index (χ4v) is 7.21. The van der Waals surface area contributed by atoms with Gasteiger partial charge in [-0.1, -0.05) is 0 Å². The number of nitrogen functional groups attached to an aromatic ring is 1. The molecule has 0 bridgehead atoms. The van der Waals surface area contributed by atoms with Gasteiger partial charge in [-0.25, -0.2) is 23.1 Å². The Morgan fingerprint density at radius 1 is 1.18 bits per heavy atom. The van der Waals surface area contributed by atoms with Crippen molar-refractivity contribution in [3.63, 3.8) is 0 Å². The first-order valence-electron chi connectivity index (χ1n) is 14.4. The van der Waals surface area contributed by atoms with Crippen LogP contribution in [0, 0.1) is 12.7 Å². The van der Waals surface area contributed by atoms with E-state index in [-0.39, 0.29) is 60.0 Å². The summed E-state index contributed by atoms with van der Waals surface area (Å²) in [7, 11) is 0. The van der Waals surface area contributed by atoms with Gasteiger partial charge in [0.05, 0.1) is 29.4 Å². The molecule has 16 heteroatoms. The predicted molar refractivity (Wildman–Crippen MR) is 147 cm³/mol. The quantitative estimate of drug-likeness (QED) is 0.414. The molecule has 0 spiro atoms. The Labute approximate surface area is 247 Å². The largest absolute Gasteiger partial charge is 0.472 e. The Balaban J connectivity index is 1.41. The number of nitrogens with two attached hydrogens (primary N) is 1. The number of pyridine rings is 2. The molecule has 0 unspecified atom stereocenters. The lowest BCUT2D eigenvalue weighted by Gasteiger charge is -2.38. The van der Waals surface area contributed by atoms with E-state index >= 15 is 4.39 Å². The summed E-state index contributed by atoms with van der Waals surface area (Å²) in [5, 5.41) is 3.36. The topological polar surface area (TPSA) is 115 Å². The number of anilines is 2. The van der Waals surface area contributed by atoms with Crippen LogP contribution in [0.25, 0.3) is 22.2 Å². The van der Waals surface area contributed by atoms with Gasteiger partial charge in [0.2, 0.25) is 5.88 Å². The van der Waals surface area contributed by atoms with Crippen molar-refractivity contribution in [3.05, 3.63) is 23.1 Å². The van der Waals surface area contributed by atoms with Crippen LogP contribution in [0.3, 0.4) is 0 Å². The third-order valence-corrected chi connectivity index (χ3v) is 9.09. The van der Waals surface area contributed by atoms with Crippen molar-refractivity contribution in [2.45, 2.75) is 62.9 Å². The first-order chi connectivity index (χ1) is 20.8. The van der Waals surface area contributed by atoms with E-state index in [1.165, 1.54) is 0 Å². The van der Waals surface area contributed by atoms with Crippen molar-refractivity contribution in [2.24, 2.45) is 0 Å². The summed E-state index contributed by atoms with van der Waals surface area (Å²) in [4.78, 5) is 20.6. The summed E-state index contributed by atoms with van der Waals surface area (Å²) in [6, 6.07) is 0.345. The Kier molecular flexibility index (Phi) is 6.56. The molecule has 44 heavy (non-hydrogen) atoms. The normalized spacial score (nSPS) is 26.3. The third-order valence-electron chi connectivity index (χ3n) is 9.09. The molecular formula is C28H30F6N8O2. The number of halogens is 6. The van der Waals surface area contributed by atoms with Gasteiger partial charge in [-0.3, -0.25) is 4.90 Å². The number of piperazine rings is 1. The van der Waals surface area contributed by atoms with Crippen LogP contribution in [-0.2, 0) is 6.18 Å². The summed E-state index contributed by atoms with van der Waals surface area (Å²) in [6.07, 6.45) is -4.61. The fraction of sp³-hybridized carbons (Fsp3) is 0.571. The van der Waals surface area contributed by atoms with Gasteiger partial charge in [-0.05, 0) is 39.3 Å². The lowest BCUT2D eigenvalue weighted by atomic mass is 9.94. The minimum Gasteiger partial charge on any atom is -0.472 e. The van der Waals surface area contributed by atoms with E-state index in [0.717, 1.165) is 19.4 Å². The minimum atomic E-state index is -4.90. The predicted octanol–water partition coefficient (Wildman–Crippen LogP) is 3.95. The van der Waals surface area contributed by atoms with Gasteiger partial charge in [0.1, 0.15) is 40.9 Å². The summed E-state index contributed by atoms with van der Waals surface area (Å²) in [5.74, 6) is -4.19. The maximum absolute atomic E-state index is 16.6. The molecule has 0 aliphatic carbocycles. The number of nitrogens with one attached hydrogen (secondary N) is 1. The first kappa shape index (κ1) is 29.1. The molecule has 0 saturated carbocycles. The molecule has 3 fully saturated rings.